The van der Waals surface area contributed by atoms with Crippen molar-refractivity contribution in [1.29, 1.82) is 0 Å². The van der Waals surface area contributed by atoms with E-state index in [1.54, 1.807) is 4.68 Å². The van der Waals surface area contributed by atoms with Crippen LogP contribution >= 0.6 is 0 Å². The third kappa shape index (κ3) is 3.01. The fraction of sp³-hybridized carbons (Fsp3) is 0.0714. The lowest BCUT2D eigenvalue weighted by molar-refractivity contribution is 0.763. The van der Waals surface area contributed by atoms with Gasteiger partial charge in [-0.2, -0.15) is 15.1 Å². The zero-order valence-corrected chi connectivity index (χ0v) is 18.4. The maximum absolute atomic E-state index is 4.81. The number of nitrogens with zero attached hydrogens (tertiary/aromatic N) is 5. The Morgan fingerprint density at radius 2 is 1.09 bits per heavy atom. The van der Waals surface area contributed by atoms with E-state index in [0.29, 0.717) is 5.95 Å². The molecule has 0 radical (unpaired) electrons. The molecule has 0 N–H and O–H groups in total. The summed E-state index contributed by atoms with van der Waals surface area (Å²) in [6.45, 7) is 4.13. The highest BCUT2D eigenvalue weighted by Gasteiger charge is 2.22. The van der Waals surface area contributed by atoms with Crippen molar-refractivity contribution in [3.05, 3.63) is 103 Å². The predicted molar refractivity (Wildman–Crippen MR) is 132 cm³/mol. The van der Waals surface area contributed by atoms with Crippen LogP contribution in [0.25, 0.3) is 49.7 Å². The standard InChI is InChI=1S/C28H21N5/c1-18-25(19(2)33(32-18)28-30-16-29-17-31-28)27-23-14-8-6-12-21(23)26(20-10-4-3-5-11-20)22-13-7-9-15-24(22)27/h3-17H,1-2H3. The first-order chi connectivity index (χ1) is 16.2. The van der Waals surface area contributed by atoms with Crippen LogP contribution in [-0.4, -0.2) is 24.7 Å². The van der Waals surface area contributed by atoms with Gasteiger partial charge in [0.15, 0.2) is 0 Å². The van der Waals surface area contributed by atoms with Crippen LogP contribution in [-0.2, 0) is 0 Å². The molecule has 0 amide bonds. The summed E-state index contributed by atoms with van der Waals surface area (Å²) in [6.07, 6.45) is 3.00. The number of rotatable bonds is 3. The Hall–Kier alpha value is -4.38. The largest absolute Gasteiger partial charge is 0.253 e. The van der Waals surface area contributed by atoms with Crippen LogP contribution in [0, 0.1) is 13.8 Å². The number of aromatic nitrogens is 5. The van der Waals surface area contributed by atoms with Crippen LogP contribution < -0.4 is 0 Å². The van der Waals surface area contributed by atoms with Gasteiger partial charge in [0.05, 0.1) is 11.4 Å². The van der Waals surface area contributed by atoms with Crippen molar-refractivity contribution in [2.75, 3.05) is 0 Å². The van der Waals surface area contributed by atoms with E-state index in [1.807, 2.05) is 0 Å². The van der Waals surface area contributed by atoms with E-state index in [1.165, 1.54) is 50.9 Å². The summed E-state index contributed by atoms with van der Waals surface area (Å²) in [4.78, 5) is 12.6. The smallest absolute Gasteiger partial charge is 0.225 e. The van der Waals surface area contributed by atoms with Gasteiger partial charge in [0.25, 0.3) is 5.95 Å². The van der Waals surface area contributed by atoms with Gasteiger partial charge < -0.3 is 0 Å². The Kier molecular flexibility index (Phi) is 4.47. The molecule has 2 aromatic heterocycles. The normalized spacial score (nSPS) is 11.3. The van der Waals surface area contributed by atoms with Gasteiger partial charge in [-0.3, -0.25) is 0 Å². The zero-order chi connectivity index (χ0) is 22.4. The van der Waals surface area contributed by atoms with E-state index in [0.717, 1.165) is 17.0 Å². The molecule has 6 aromatic rings. The van der Waals surface area contributed by atoms with Gasteiger partial charge in [-0.25, -0.2) is 9.67 Å². The molecule has 0 fully saturated rings. The molecule has 5 heteroatoms. The summed E-state index contributed by atoms with van der Waals surface area (Å²) in [7, 11) is 0. The van der Waals surface area contributed by atoms with Gasteiger partial charge >= 0.3 is 0 Å². The Bertz CT molecular complexity index is 1560. The monoisotopic (exact) mass is 427 g/mol. The number of fused-ring (bicyclic) bond motifs is 2. The van der Waals surface area contributed by atoms with E-state index < -0.39 is 0 Å². The van der Waals surface area contributed by atoms with E-state index in [-0.39, 0.29) is 0 Å². The van der Waals surface area contributed by atoms with E-state index in [4.69, 9.17) is 5.10 Å². The number of aryl methyl sites for hydroxylation is 1. The van der Waals surface area contributed by atoms with Gasteiger partial charge in [0.2, 0.25) is 0 Å². The highest BCUT2D eigenvalue weighted by molar-refractivity contribution is 6.21. The lowest BCUT2D eigenvalue weighted by Crippen LogP contribution is -2.04. The predicted octanol–water partition coefficient (Wildman–Crippen LogP) is 6.31. The molecular formula is C28H21N5. The molecule has 0 bridgehead atoms. The van der Waals surface area contributed by atoms with Gasteiger partial charge in [-0.1, -0.05) is 78.9 Å². The quantitative estimate of drug-likeness (QED) is 0.310. The molecule has 2 heterocycles. The van der Waals surface area contributed by atoms with Gasteiger partial charge in [-0.05, 0) is 46.5 Å². The van der Waals surface area contributed by atoms with Gasteiger partial charge in [0, 0.05) is 11.1 Å². The molecule has 0 aliphatic carbocycles. The molecule has 158 valence electrons. The summed E-state index contributed by atoms with van der Waals surface area (Å²) in [6, 6.07) is 27.9. The average Bonchev–Trinajstić information content (AvgIpc) is 3.17. The first kappa shape index (κ1) is 19.3. The van der Waals surface area contributed by atoms with Gasteiger partial charge in [0.1, 0.15) is 12.7 Å². The van der Waals surface area contributed by atoms with Crippen LogP contribution in [0.2, 0.25) is 0 Å². The van der Waals surface area contributed by atoms with Crippen molar-refractivity contribution < 1.29 is 0 Å². The Balaban J connectivity index is 1.76. The maximum atomic E-state index is 4.81. The first-order valence-electron chi connectivity index (χ1n) is 10.9. The summed E-state index contributed by atoms with van der Waals surface area (Å²) < 4.78 is 1.81. The molecular weight excluding hydrogens is 406 g/mol. The lowest BCUT2D eigenvalue weighted by atomic mass is 9.85. The fourth-order valence-corrected chi connectivity index (χ4v) is 4.86. The molecule has 0 saturated carbocycles. The summed E-state index contributed by atoms with van der Waals surface area (Å²) in [5.41, 5.74) is 6.72. The molecule has 33 heavy (non-hydrogen) atoms. The van der Waals surface area contributed by atoms with E-state index in [2.05, 4.69) is 108 Å². The summed E-state index contributed by atoms with van der Waals surface area (Å²) in [5.74, 6) is 0.520. The van der Waals surface area contributed by atoms with Crippen molar-refractivity contribution in [2.45, 2.75) is 13.8 Å². The Morgan fingerprint density at radius 3 is 1.67 bits per heavy atom. The number of hydrogen-bond acceptors (Lipinski definition) is 4. The van der Waals surface area contributed by atoms with Crippen molar-refractivity contribution in [3.8, 4) is 28.2 Å². The van der Waals surface area contributed by atoms with Crippen molar-refractivity contribution in [3.63, 3.8) is 0 Å². The van der Waals surface area contributed by atoms with Crippen LogP contribution in [0.4, 0.5) is 0 Å². The third-order valence-corrected chi connectivity index (χ3v) is 6.20. The number of hydrogen-bond donors (Lipinski definition) is 0. The third-order valence-electron chi connectivity index (χ3n) is 6.20. The van der Waals surface area contributed by atoms with Crippen LogP contribution in [0.1, 0.15) is 11.4 Å². The zero-order valence-electron chi connectivity index (χ0n) is 18.4. The first-order valence-corrected chi connectivity index (χ1v) is 10.9. The highest BCUT2D eigenvalue weighted by Crippen LogP contribution is 2.45. The molecule has 0 aliphatic rings. The van der Waals surface area contributed by atoms with Crippen molar-refractivity contribution in [1.82, 2.24) is 24.7 Å². The minimum atomic E-state index is 0.520. The minimum absolute atomic E-state index is 0.520. The topological polar surface area (TPSA) is 56.5 Å². The second-order valence-corrected chi connectivity index (χ2v) is 8.10. The SMILES string of the molecule is Cc1nn(-c2ncncn2)c(C)c1-c1c2ccccc2c(-c2ccccc2)c2ccccc12. The highest BCUT2D eigenvalue weighted by atomic mass is 15.4. The van der Waals surface area contributed by atoms with Crippen molar-refractivity contribution >= 4 is 21.5 Å². The Morgan fingerprint density at radius 1 is 0.576 bits per heavy atom. The lowest BCUT2D eigenvalue weighted by Gasteiger charge is -2.17. The average molecular weight is 428 g/mol. The molecule has 0 saturated heterocycles. The second-order valence-electron chi connectivity index (χ2n) is 8.10. The minimum Gasteiger partial charge on any atom is -0.225 e. The molecule has 5 nitrogen and oxygen atoms in total. The summed E-state index contributed by atoms with van der Waals surface area (Å²) in [5, 5.41) is 9.68. The molecule has 0 atom stereocenters. The number of benzene rings is 4. The Labute approximate surface area is 191 Å². The van der Waals surface area contributed by atoms with Crippen LogP contribution in [0.5, 0.6) is 0 Å². The second kappa shape index (κ2) is 7.64. The van der Waals surface area contributed by atoms with Crippen LogP contribution in [0.3, 0.4) is 0 Å². The summed E-state index contributed by atoms with van der Waals surface area (Å²) >= 11 is 0. The van der Waals surface area contributed by atoms with Gasteiger partial charge in [-0.15, -0.1) is 0 Å². The van der Waals surface area contributed by atoms with E-state index in [9.17, 15) is 0 Å². The van der Waals surface area contributed by atoms with Crippen molar-refractivity contribution in [2.24, 2.45) is 0 Å². The molecule has 6 rings (SSSR count). The molecule has 0 aliphatic heterocycles. The molecule has 0 spiro atoms. The fourth-order valence-electron chi connectivity index (χ4n) is 4.86. The van der Waals surface area contributed by atoms with Crippen LogP contribution in [0.15, 0.2) is 91.5 Å². The molecule has 0 unspecified atom stereocenters. The molecule has 4 aromatic carbocycles. The maximum Gasteiger partial charge on any atom is 0.253 e. The van der Waals surface area contributed by atoms with E-state index >= 15 is 0 Å².